The molecule has 1 unspecified atom stereocenters. The Bertz CT molecular complexity index is 557. The molecule has 0 saturated carbocycles. The van der Waals surface area contributed by atoms with Crippen molar-refractivity contribution >= 4 is 21.6 Å². The fourth-order valence-electron chi connectivity index (χ4n) is 2.43. The van der Waals surface area contributed by atoms with E-state index in [2.05, 4.69) is 12.2 Å². The zero-order chi connectivity index (χ0) is 16.0. The largest absolute Gasteiger partial charge is 0.379 e. The second-order valence-corrected chi connectivity index (χ2v) is 8.04. The van der Waals surface area contributed by atoms with Crippen LogP contribution >= 0.6 is 11.6 Å². The number of morpholine rings is 1. The van der Waals surface area contributed by atoms with Gasteiger partial charge in [-0.25, -0.2) is 8.42 Å². The highest BCUT2D eigenvalue weighted by molar-refractivity contribution is 7.89. The standard InChI is InChI=1S/C15H23ClN2O3S/c1-13(12-14-2-4-15(16)5-3-14)17-6-11-22(19,20)18-7-9-21-10-8-18/h2-5,13,17H,6-12H2,1H3. The van der Waals surface area contributed by atoms with Crippen LogP contribution in [0.3, 0.4) is 0 Å². The van der Waals surface area contributed by atoms with E-state index in [1.54, 1.807) is 0 Å². The summed E-state index contributed by atoms with van der Waals surface area (Å²) in [6.07, 6.45) is 0.842. The van der Waals surface area contributed by atoms with Gasteiger partial charge in [-0.3, -0.25) is 0 Å². The van der Waals surface area contributed by atoms with E-state index in [0.29, 0.717) is 32.8 Å². The summed E-state index contributed by atoms with van der Waals surface area (Å²) in [4.78, 5) is 0. The number of benzene rings is 1. The monoisotopic (exact) mass is 346 g/mol. The SMILES string of the molecule is CC(Cc1ccc(Cl)cc1)NCCS(=O)(=O)N1CCOCC1. The molecule has 0 radical (unpaired) electrons. The molecule has 1 fully saturated rings. The molecule has 1 aliphatic heterocycles. The van der Waals surface area contributed by atoms with Gasteiger partial charge >= 0.3 is 0 Å². The van der Waals surface area contributed by atoms with Gasteiger partial charge in [-0.1, -0.05) is 23.7 Å². The Balaban J connectivity index is 1.74. The summed E-state index contributed by atoms with van der Waals surface area (Å²) in [5.41, 5.74) is 1.18. The normalized spacial score (nSPS) is 18.3. The minimum absolute atomic E-state index is 0.123. The van der Waals surface area contributed by atoms with Crippen molar-refractivity contribution in [2.75, 3.05) is 38.6 Å². The van der Waals surface area contributed by atoms with Gasteiger partial charge in [-0.15, -0.1) is 0 Å². The number of hydrogen-bond acceptors (Lipinski definition) is 4. The molecule has 0 amide bonds. The highest BCUT2D eigenvalue weighted by Crippen LogP contribution is 2.11. The molecule has 0 bridgehead atoms. The van der Waals surface area contributed by atoms with Gasteiger partial charge in [-0.2, -0.15) is 4.31 Å². The lowest BCUT2D eigenvalue weighted by atomic mass is 10.1. The molecule has 1 heterocycles. The molecular formula is C15H23ClN2O3S. The van der Waals surface area contributed by atoms with Crippen LogP contribution in [0.15, 0.2) is 24.3 Å². The third-order valence-corrected chi connectivity index (χ3v) is 5.80. The number of nitrogens with zero attached hydrogens (tertiary/aromatic N) is 1. The Morgan fingerprint density at radius 1 is 1.27 bits per heavy atom. The lowest BCUT2D eigenvalue weighted by molar-refractivity contribution is 0.0730. The number of sulfonamides is 1. The van der Waals surface area contributed by atoms with Crippen LogP contribution < -0.4 is 5.32 Å². The molecule has 2 rings (SSSR count). The lowest BCUT2D eigenvalue weighted by Gasteiger charge is -2.26. The third kappa shape index (κ3) is 5.52. The molecule has 0 aliphatic carbocycles. The van der Waals surface area contributed by atoms with Crippen molar-refractivity contribution in [3.05, 3.63) is 34.9 Å². The zero-order valence-corrected chi connectivity index (χ0v) is 14.4. The molecule has 7 heteroatoms. The van der Waals surface area contributed by atoms with Crippen molar-refractivity contribution in [3.8, 4) is 0 Å². The number of ether oxygens (including phenoxy) is 1. The van der Waals surface area contributed by atoms with Crippen molar-refractivity contribution in [1.82, 2.24) is 9.62 Å². The molecule has 1 aromatic rings. The van der Waals surface area contributed by atoms with E-state index in [-0.39, 0.29) is 11.8 Å². The maximum absolute atomic E-state index is 12.2. The molecule has 0 spiro atoms. The number of rotatable bonds is 7. The van der Waals surface area contributed by atoms with Crippen LogP contribution in [-0.4, -0.2) is 57.4 Å². The van der Waals surface area contributed by atoms with E-state index in [1.165, 1.54) is 9.87 Å². The maximum atomic E-state index is 12.2. The predicted molar refractivity (Wildman–Crippen MR) is 88.8 cm³/mol. The second kappa shape index (κ2) is 8.26. The van der Waals surface area contributed by atoms with Gasteiger partial charge in [0.2, 0.25) is 10.0 Å². The van der Waals surface area contributed by atoms with E-state index in [0.717, 1.165) is 11.4 Å². The van der Waals surface area contributed by atoms with Crippen LogP contribution in [0, 0.1) is 0 Å². The van der Waals surface area contributed by atoms with Crippen LogP contribution in [-0.2, 0) is 21.2 Å². The summed E-state index contributed by atoms with van der Waals surface area (Å²) >= 11 is 5.86. The first-order chi connectivity index (χ1) is 10.5. The van der Waals surface area contributed by atoms with Crippen molar-refractivity contribution < 1.29 is 13.2 Å². The molecule has 1 aliphatic rings. The summed E-state index contributed by atoms with van der Waals surface area (Å²) in [6, 6.07) is 7.93. The van der Waals surface area contributed by atoms with E-state index in [9.17, 15) is 8.42 Å². The lowest BCUT2D eigenvalue weighted by Crippen LogP contribution is -2.44. The summed E-state index contributed by atoms with van der Waals surface area (Å²) < 4.78 is 31.1. The first-order valence-corrected chi connectivity index (χ1v) is 9.49. The van der Waals surface area contributed by atoms with Crippen molar-refractivity contribution in [3.63, 3.8) is 0 Å². The number of nitrogens with one attached hydrogen (secondary N) is 1. The number of halogens is 1. The topological polar surface area (TPSA) is 58.6 Å². The Labute approximate surface area is 137 Å². The van der Waals surface area contributed by atoms with Gasteiger partial charge in [0.25, 0.3) is 0 Å². The zero-order valence-electron chi connectivity index (χ0n) is 12.8. The minimum Gasteiger partial charge on any atom is -0.379 e. The molecule has 124 valence electrons. The highest BCUT2D eigenvalue weighted by Gasteiger charge is 2.23. The average molecular weight is 347 g/mol. The van der Waals surface area contributed by atoms with Gasteiger partial charge in [0.05, 0.1) is 19.0 Å². The molecular weight excluding hydrogens is 324 g/mol. The van der Waals surface area contributed by atoms with E-state index >= 15 is 0 Å². The second-order valence-electron chi connectivity index (χ2n) is 5.51. The molecule has 5 nitrogen and oxygen atoms in total. The van der Waals surface area contributed by atoms with Gasteiger partial charge in [0.15, 0.2) is 0 Å². The van der Waals surface area contributed by atoms with Crippen molar-refractivity contribution in [1.29, 1.82) is 0 Å². The smallest absolute Gasteiger partial charge is 0.215 e. The fraction of sp³-hybridized carbons (Fsp3) is 0.600. The van der Waals surface area contributed by atoms with E-state index < -0.39 is 10.0 Å². The molecule has 1 N–H and O–H groups in total. The minimum atomic E-state index is -3.18. The first kappa shape index (κ1) is 17.7. The fourth-order valence-corrected chi connectivity index (χ4v) is 3.90. The summed E-state index contributed by atoms with van der Waals surface area (Å²) in [6.45, 7) is 4.40. The van der Waals surface area contributed by atoms with Gasteiger partial charge in [0, 0.05) is 30.7 Å². The van der Waals surface area contributed by atoms with Crippen LogP contribution in [0.25, 0.3) is 0 Å². The van der Waals surface area contributed by atoms with Gasteiger partial charge in [0.1, 0.15) is 0 Å². The summed E-state index contributed by atoms with van der Waals surface area (Å²) in [5.74, 6) is 0.123. The average Bonchev–Trinajstić information content (AvgIpc) is 2.50. The summed E-state index contributed by atoms with van der Waals surface area (Å²) in [5, 5.41) is 3.99. The molecule has 0 aromatic heterocycles. The van der Waals surface area contributed by atoms with Gasteiger partial charge in [-0.05, 0) is 31.0 Å². The van der Waals surface area contributed by atoms with Crippen molar-refractivity contribution in [2.45, 2.75) is 19.4 Å². The van der Waals surface area contributed by atoms with E-state index in [4.69, 9.17) is 16.3 Å². The molecule has 1 atom stereocenters. The summed E-state index contributed by atoms with van der Waals surface area (Å²) in [7, 11) is -3.18. The maximum Gasteiger partial charge on any atom is 0.215 e. The Hall–Kier alpha value is -0.660. The molecule has 1 aromatic carbocycles. The van der Waals surface area contributed by atoms with E-state index in [1.807, 2.05) is 24.3 Å². The quantitative estimate of drug-likeness (QED) is 0.813. The Kier molecular flexibility index (Phi) is 6.65. The first-order valence-electron chi connectivity index (χ1n) is 7.51. The molecule has 1 saturated heterocycles. The van der Waals surface area contributed by atoms with Crippen LogP contribution in [0.2, 0.25) is 5.02 Å². The van der Waals surface area contributed by atoms with Gasteiger partial charge < -0.3 is 10.1 Å². The van der Waals surface area contributed by atoms with Crippen LogP contribution in [0.5, 0.6) is 0 Å². The highest BCUT2D eigenvalue weighted by atomic mass is 35.5. The third-order valence-electron chi connectivity index (χ3n) is 3.67. The Morgan fingerprint density at radius 2 is 1.91 bits per heavy atom. The van der Waals surface area contributed by atoms with Crippen LogP contribution in [0.4, 0.5) is 0 Å². The predicted octanol–water partition coefficient (Wildman–Crippen LogP) is 1.52. The number of hydrogen-bond donors (Lipinski definition) is 1. The van der Waals surface area contributed by atoms with Crippen LogP contribution in [0.1, 0.15) is 12.5 Å². The Morgan fingerprint density at radius 3 is 2.55 bits per heavy atom. The van der Waals surface area contributed by atoms with Crippen molar-refractivity contribution in [2.24, 2.45) is 0 Å². The molecule has 22 heavy (non-hydrogen) atoms.